The van der Waals surface area contributed by atoms with E-state index in [1.165, 1.54) is 17.8 Å². The van der Waals surface area contributed by atoms with E-state index in [9.17, 15) is 14.0 Å². The van der Waals surface area contributed by atoms with Crippen LogP contribution in [0.3, 0.4) is 0 Å². The lowest BCUT2D eigenvalue weighted by atomic mass is 9.95. The Morgan fingerprint density at radius 2 is 1.57 bits per heavy atom. The molecule has 3 nitrogen and oxygen atoms in total. The largest absolute Gasteiger partial charge is 0.297 e. The van der Waals surface area contributed by atoms with Gasteiger partial charge in [0.2, 0.25) is 5.12 Å². The number of hydrogen-bond donors (Lipinski definition) is 0. The Labute approximate surface area is 169 Å². The third-order valence-electron chi connectivity index (χ3n) is 5.57. The number of carbonyl (C=O) groups is 2. The summed E-state index contributed by atoms with van der Waals surface area (Å²) in [4.78, 5) is 27.5. The van der Waals surface area contributed by atoms with Crippen LogP contribution < -0.4 is 0 Å². The van der Waals surface area contributed by atoms with Gasteiger partial charge in [-0.05, 0) is 31.7 Å². The van der Waals surface area contributed by atoms with Crippen molar-refractivity contribution in [3.05, 3.63) is 71.5 Å². The van der Waals surface area contributed by atoms with Crippen LogP contribution in [-0.2, 0) is 4.79 Å². The van der Waals surface area contributed by atoms with Crippen LogP contribution in [0.4, 0.5) is 4.39 Å². The van der Waals surface area contributed by atoms with Gasteiger partial charge in [-0.1, -0.05) is 60.3 Å². The van der Waals surface area contributed by atoms with Gasteiger partial charge >= 0.3 is 0 Å². The Hall–Kier alpha value is -1.98. The lowest BCUT2D eigenvalue weighted by molar-refractivity contribution is -0.126. The van der Waals surface area contributed by atoms with Crippen LogP contribution in [0.2, 0.25) is 0 Å². The fourth-order valence-electron chi connectivity index (χ4n) is 3.86. The molecule has 1 saturated carbocycles. The molecule has 4 rings (SSSR count). The minimum absolute atomic E-state index is 0.0800. The second kappa shape index (κ2) is 8.58. The van der Waals surface area contributed by atoms with Crippen molar-refractivity contribution < 1.29 is 14.0 Å². The summed E-state index contributed by atoms with van der Waals surface area (Å²) < 4.78 is 14.4. The molecule has 146 valence electrons. The first kappa shape index (κ1) is 19.3. The fraction of sp³-hybridized carbons (Fsp3) is 0.391. The van der Waals surface area contributed by atoms with Crippen LogP contribution >= 0.6 is 11.8 Å². The maximum atomic E-state index is 14.4. The molecule has 1 saturated heterocycles. The fourth-order valence-corrected chi connectivity index (χ4v) is 4.88. The Morgan fingerprint density at radius 3 is 2.21 bits per heavy atom. The van der Waals surface area contributed by atoms with Crippen LogP contribution in [0.5, 0.6) is 0 Å². The van der Waals surface area contributed by atoms with E-state index < -0.39 is 6.04 Å². The number of rotatable bonds is 6. The Kier molecular flexibility index (Phi) is 5.93. The van der Waals surface area contributed by atoms with Crippen molar-refractivity contribution in [2.75, 3.05) is 13.1 Å². The number of piperidine rings is 1. The van der Waals surface area contributed by atoms with E-state index in [-0.39, 0.29) is 27.9 Å². The summed E-state index contributed by atoms with van der Waals surface area (Å²) in [5.74, 6) is -0.0785. The summed E-state index contributed by atoms with van der Waals surface area (Å²) in [6, 6.07) is 15.5. The van der Waals surface area contributed by atoms with E-state index in [1.807, 2.05) is 30.3 Å². The van der Waals surface area contributed by atoms with Crippen LogP contribution in [0.1, 0.15) is 47.6 Å². The van der Waals surface area contributed by atoms with Crippen molar-refractivity contribution in [2.45, 2.75) is 37.0 Å². The van der Waals surface area contributed by atoms with Crippen molar-refractivity contribution in [1.82, 2.24) is 4.90 Å². The average molecular weight is 398 g/mol. The zero-order chi connectivity index (χ0) is 19.5. The van der Waals surface area contributed by atoms with E-state index in [4.69, 9.17) is 0 Å². The van der Waals surface area contributed by atoms with Gasteiger partial charge in [0.05, 0.1) is 6.04 Å². The Bertz CT molecular complexity index is 845. The van der Waals surface area contributed by atoms with Crippen molar-refractivity contribution >= 4 is 22.7 Å². The lowest BCUT2D eigenvalue weighted by Gasteiger charge is -2.37. The molecule has 1 aliphatic carbocycles. The average Bonchev–Trinajstić information content (AvgIpc) is 3.57. The van der Waals surface area contributed by atoms with E-state index in [2.05, 4.69) is 4.90 Å². The molecule has 1 unspecified atom stereocenters. The number of nitrogens with zero attached hydrogens (tertiary/aromatic N) is 1. The summed E-state index contributed by atoms with van der Waals surface area (Å²) in [6.07, 6.45) is 3.49. The molecule has 2 aliphatic rings. The monoisotopic (exact) mass is 397 g/mol. The molecule has 0 aromatic heterocycles. The third-order valence-corrected chi connectivity index (χ3v) is 6.83. The molecule has 5 heteroatoms. The SMILES string of the molecule is O=C(SC1CCN(C(C(=O)C2CC2)c2ccccc2F)CC1)c1ccccc1. The highest BCUT2D eigenvalue weighted by Gasteiger charge is 2.40. The Balaban J connectivity index is 1.42. The first-order valence-electron chi connectivity index (χ1n) is 9.91. The smallest absolute Gasteiger partial charge is 0.219 e. The molecule has 2 aromatic rings. The van der Waals surface area contributed by atoms with E-state index in [0.29, 0.717) is 18.7 Å². The molecule has 0 amide bonds. The maximum absolute atomic E-state index is 14.4. The number of likely N-dealkylation sites (tertiary alicyclic amines) is 1. The van der Waals surface area contributed by atoms with Crippen molar-refractivity contribution in [3.8, 4) is 0 Å². The molecule has 28 heavy (non-hydrogen) atoms. The lowest BCUT2D eigenvalue weighted by Crippen LogP contribution is -2.42. The zero-order valence-electron chi connectivity index (χ0n) is 15.7. The maximum Gasteiger partial charge on any atom is 0.219 e. The highest BCUT2D eigenvalue weighted by molar-refractivity contribution is 8.14. The van der Waals surface area contributed by atoms with Gasteiger partial charge in [-0.25, -0.2) is 4.39 Å². The summed E-state index contributed by atoms with van der Waals surface area (Å²) >= 11 is 1.39. The third kappa shape index (κ3) is 4.36. The van der Waals surface area contributed by atoms with Crippen LogP contribution in [-0.4, -0.2) is 34.1 Å². The van der Waals surface area contributed by atoms with Gasteiger partial charge in [0.1, 0.15) is 5.82 Å². The normalized spacial score (nSPS) is 19.3. The van der Waals surface area contributed by atoms with Crippen molar-refractivity contribution in [2.24, 2.45) is 5.92 Å². The first-order valence-corrected chi connectivity index (χ1v) is 10.8. The number of ketones is 1. The summed E-state index contributed by atoms with van der Waals surface area (Å²) in [7, 11) is 0. The zero-order valence-corrected chi connectivity index (χ0v) is 16.5. The van der Waals surface area contributed by atoms with E-state index >= 15 is 0 Å². The summed E-state index contributed by atoms with van der Waals surface area (Å²) in [6.45, 7) is 1.41. The van der Waals surface area contributed by atoms with Gasteiger partial charge in [0.25, 0.3) is 0 Å². The number of carbonyl (C=O) groups excluding carboxylic acids is 2. The number of hydrogen-bond acceptors (Lipinski definition) is 4. The van der Waals surface area contributed by atoms with Gasteiger partial charge in [-0.15, -0.1) is 0 Å². The second-order valence-electron chi connectivity index (χ2n) is 7.61. The van der Waals surface area contributed by atoms with Crippen LogP contribution in [0.15, 0.2) is 54.6 Å². The molecule has 0 spiro atoms. The number of benzene rings is 2. The van der Waals surface area contributed by atoms with E-state index in [0.717, 1.165) is 31.2 Å². The molecule has 1 heterocycles. The molecule has 2 aromatic carbocycles. The van der Waals surface area contributed by atoms with Crippen LogP contribution in [0.25, 0.3) is 0 Å². The predicted octanol–water partition coefficient (Wildman–Crippen LogP) is 4.88. The van der Waals surface area contributed by atoms with Gasteiger partial charge in [-0.3, -0.25) is 14.5 Å². The molecule has 2 fully saturated rings. The molecule has 0 bridgehead atoms. The first-order chi connectivity index (χ1) is 13.6. The molecule has 0 radical (unpaired) electrons. The molecule has 1 atom stereocenters. The Morgan fingerprint density at radius 1 is 0.929 bits per heavy atom. The van der Waals surface area contributed by atoms with Crippen molar-refractivity contribution in [3.63, 3.8) is 0 Å². The van der Waals surface area contributed by atoms with Gasteiger partial charge in [0.15, 0.2) is 5.78 Å². The predicted molar refractivity (Wildman–Crippen MR) is 110 cm³/mol. The standard InChI is InChI=1S/C23H24FNO2S/c24-20-9-5-4-8-19(20)21(22(26)16-10-11-16)25-14-12-18(13-15-25)28-23(27)17-6-2-1-3-7-17/h1-9,16,18,21H,10-15H2. The highest BCUT2D eigenvalue weighted by atomic mass is 32.2. The summed E-state index contributed by atoms with van der Waals surface area (Å²) in [5.41, 5.74) is 1.22. The molecular formula is C23H24FNO2S. The second-order valence-corrected chi connectivity index (χ2v) is 8.88. The molecule has 1 aliphatic heterocycles. The van der Waals surface area contributed by atoms with Gasteiger partial charge in [0, 0.05) is 35.4 Å². The topological polar surface area (TPSA) is 37.4 Å². The minimum Gasteiger partial charge on any atom is -0.297 e. The number of thioether (sulfide) groups is 1. The van der Waals surface area contributed by atoms with Crippen molar-refractivity contribution in [1.29, 1.82) is 0 Å². The summed E-state index contributed by atoms with van der Waals surface area (Å²) in [5, 5.41) is 0.333. The van der Waals surface area contributed by atoms with Gasteiger partial charge < -0.3 is 0 Å². The highest BCUT2D eigenvalue weighted by Crippen LogP contribution is 2.39. The van der Waals surface area contributed by atoms with Crippen LogP contribution in [0, 0.1) is 11.7 Å². The van der Waals surface area contributed by atoms with Gasteiger partial charge in [-0.2, -0.15) is 0 Å². The quantitative estimate of drug-likeness (QED) is 0.696. The minimum atomic E-state index is -0.496. The number of Topliss-reactive ketones (excluding diaryl/α,β-unsaturated/α-hetero) is 1. The number of halogens is 1. The van der Waals surface area contributed by atoms with E-state index in [1.54, 1.807) is 18.2 Å². The molecular weight excluding hydrogens is 373 g/mol. The molecule has 0 N–H and O–H groups in total.